The summed E-state index contributed by atoms with van der Waals surface area (Å²) in [5, 5.41) is 0. The van der Waals surface area contributed by atoms with Crippen molar-refractivity contribution >= 4 is 5.78 Å². The van der Waals surface area contributed by atoms with Gasteiger partial charge in [-0.3, -0.25) is 4.79 Å². The number of hydrogen-bond acceptors (Lipinski definition) is 2. The molecule has 0 fully saturated rings. The van der Waals surface area contributed by atoms with Crippen LogP contribution in [0.4, 0.5) is 0 Å². The Morgan fingerprint density at radius 1 is 1.11 bits per heavy atom. The minimum absolute atomic E-state index is 0.157. The highest BCUT2D eigenvalue weighted by Crippen LogP contribution is 2.30. The number of hydrogen-bond donors (Lipinski definition) is 0. The smallest absolute Gasteiger partial charge is 0.134 e. The van der Waals surface area contributed by atoms with Crippen LogP contribution in [0.15, 0.2) is 48.5 Å². The Labute approximate surface area is 107 Å². The molecule has 2 rings (SSSR count). The lowest BCUT2D eigenvalue weighted by atomic mass is 10.0. The molecule has 18 heavy (non-hydrogen) atoms. The van der Waals surface area contributed by atoms with Crippen molar-refractivity contribution < 1.29 is 9.53 Å². The second-order valence-corrected chi connectivity index (χ2v) is 4.28. The minimum atomic E-state index is 0.157. The maximum Gasteiger partial charge on any atom is 0.134 e. The molecule has 0 N–H and O–H groups in total. The van der Waals surface area contributed by atoms with Gasteiger partial charge in [0.2, 0.25) is 0 Å². The minimum Gasteiger partial charge on any atom is -0.496 e. The average molecular weight is 240 g/mol. The highest BCUT2D eigenvalue weighted by molar-refractivity contribution is 5.79. The first kappa shape index (κ1) is 12.4. The summed E-state index contributed by atoms with van der Waals surface area (Å²) in [6, 6.07) is 16.0. The van der Waals surface area contributed by atoms with Gasteiger partial charge < -0.3 is 4.74 Å². The number of ether oxygens (including phenoxy) is 1. The molecule has 0 aliphatic heterocycles. The van der Waals surface area contributed by atoms with E-state index in [1.807, 2.05) is 48.5 Å². The zero-order valence-corrected chi connectivity index (χ0v) is 10.6. The van der Waals surface area contributed by atoms with Gasteiger partial charge in [0.15, 0.2) is 0 Å². The number of carbonyl (C=O) groups excluding carboxylic acids is 1. The van der Waals surface area contributed by atoms with Gasteiger partial charge in [-0.05, 0) is 24.1 Å². The zero-order chi connectivity index (χ0) is 13.0. The quantitative estimate of drug-likeness (QED) is 0.817. The monoisotopic (exact) mass is 240 g/mol. The molecule has 2 nitrogen and oxygen atoms in total. The third-order valence-electron chi connectivity index (χ3n) is 2.80. The van der Waals surface area contributed by atoms with E-state index in [1.54, 1.807) is 14.0 Å². The second-order valence-electron chi connectivity index (χ2n) is 4.28. The van der Waals surface area contributed by atoms with E-state index >= 15 is 0 Å². The molecule has 0 aliphatic rings. The molecule has 0 spiro atoms. The van der Waals surface area contributed by atoms with Gasteiger partial charge in [-0.15, -0.1) is 0 Å². The van der Waals surface area contributed by atoms with Gasteiger partial charge in [-0.25, -0.2) is 0 Å². The topological polar surface area (TPSA) is 26.3 Å². The Bertz CT molecular complexity index is 544. The van der Waals surface area contributed by atoms with Crippen LogP contribution in [0.1, 0.15) is 12.5 Å². The molecule has 0 radical (unpaired) electrons. The third-order valence-corrected chi connectivity index (χ3v) is 2.80. The standard InChI is InChI=1S/C16H16O2/c1-12(17)10-13-8-9-15(16(11-13)18-2)14-6-4-3-5-7-14/h3-9,11H,10H2,1-2H3. The van der Waals surface area contributed by atoms with Gasteiger partial charge in [-0.1, -0.05) is 42.5 Å². The van der Waals surface area contributed by atoms with Crippen LogP contribution < -0.4 is 4.74 Å². The highest BCUT2D eigenvalue weighted by Gasteiger charge is 2.07. The van der Waals surface area contributed by atoms with Crippen LogP contribution in [0.3, 0.4) is 0 Å². The van der Waals surface area contributed by atoms with Crippen LogP contribution in [-0.2, 0) is 11.2 Å². The Kier molecular flexibility index (Phi) is 3.78. The van der Waals surface area contributed by atoms with Crippen LogP contribution in [0.5, 0.6) is 5.75 Å². The molecule has 0 amide bonds. The summed E-state index contributed by atoms with van der Waals surface area (Å²) in [6.45, 7) is 1.59. The molecule has 2 heteroatoms. The normalized spacial score (nSPS) is 10.1. The fraction of sp³-hybridized carbons (Fsp3) is 0.188. The maximum absolute atomic E-state index is 11.1. The van der Waals surface area contributed by atoms with Crippen LogP contribution in [0.2, 0.25) is 0 Å². The number of Topliss-reactive ketones (excluding diaryl/α,β-unsaturated/α-hetero) is 1. The summed E-state index contributed by atoms with van der Waals surface area (Å²) >= 11 is 0. The first-order chi connectivity index (χ1) is 8.70. The maximum atomic E-state index is 11.1. The molecule has 0 aliphatic carbocycles. The molecule has 0 saturated carbocycles. The van der Waals surface area contributed by atoms with Crippen molar-refractivity contribution in [1.82, 2.24) is 0 Å². The molecule has 2 aromatic rings. The predicted molar refractivity (Wildman–Crippen MR) is 72.8 cm³/mol. The fourth-order valence-electron chi connectivity index (χ4n) is 1.99. The number of rotatable bonds is 4. The number of benzene rings is 2. The SMILES string of the molecule is COc1cc(CC(C)=O)ccc1-c1ccccc1. The van der Waals surface area contributed by atoms with Crippen molar-refractivity contribution in [3.8, 4) is 16.9 Å². The molecular formula is C16H16O2. The summed E-state index contributed by atoms with van der Waals surface area (Å²) in [4.78, 5) is 11.1. The number of methoxy groups -OCH3 is 1. The van der Waals surface area contributed by atoms with E-state index in [4.69, 9.17) is 4.74 Å². The van der Waals surface area contributed by atoms with E-state index < -0.39 is 0 Å². The molecule has 0 heterocycles. The molecule has 0 bridgehead atoms. The lowest BCUT2D eigenvalue weighted by molar-refractivity contribution is -0.116. The molecule has 0 aromatic heterocycles. The molecular weight excluding hydrogens is 224 g/mol. The average Bonchev–Trinajstić information content (AvgIpc) is 2.39. The lowest BCUT2D eigenvalue weighted by Crippen LogP contribution is -1.97. The highest BCUT2D eigenvalue weighted by atomic mass is 16.5. The number of carbonyl (C=O) groups is 1. The summed E-state index contributed by atoms with van der Waals surface area (Å²) < 4.78 is 5.41. The summed E-state index contributed by atoms with van der Waals surface area (Å²) in [5.74, 6) is 0.962. The largest absolute Gasteiger partial charge is 0.496 e. The van der Waals surface area contributed by atoms with E-state index in [-0.39, 0.29) is 5.78 Å². The van der Waals surface area contributed by atoms with Gasteiger partial charge >= 0.3 is 0 Å². The van der Waals surface area contributed by atoms with Crippen molar-refractivity contribution in [3.05, 3.63) is 54.1 Å². The first-order valence-electron chi connectivity index (χ1n) is 5.92. The summed E-state index contributed by atoms with van der Waals surface area (Å²) in [5.41, 5.74) is 3.15. The van der Waals surface area contributed by atoms with Gasteiger partial charge in [0.1, 0.15) is 11.5 Å². The van der Waals surface area contributed by atoms with E-state index in [0.29, 0.717) is 6.42 Å². The van der Waals surface area contributed by atoms with Crippen LogP contribution >= 0.6 is 0 Å². The Morgan fingerprint density at radius 2 is 1.83 bits per heavy atom. The predicted octanol–water partition coefficient (Wildman–Crippen LogP) is 3.49. The van der Waals surface area contributed by atoms with Crippen LogP contribution in [0, 0.1) is 0 Å². The molecule has 0 saturated heterocycles. The van der Waals surface area contributed by atoms with Crippen molar-refractivity contribution in [3.63, 3.8) is 0 Å². The van der Waals surface area contributed by atoms with Crippen molar-refractivity contribution in [2.24, 2.45) is 0 Å². The molecule has 92 valence electrons. The lowest BCUT2D eigenvalue weighted by Gasteiger charge is -2.10. The van der Waals surface area contributed by atoms with Gasteiger partial charge in [0.25, 0.3) is 0 Å². The van der Waals surface area contributed by atoms with Gasteiger partial charge in [-0.2, -0.15) is 0 Å². The van der Waals surface area contributed by atoms with Crippen molar-refractivity contribution in [1.29, 1.82) is 0 Å². The third kappa shape index (κ3) is 2.77. The first-order valence-corrected chi connectivity index (χ1v) is 5.92. The molecule has 2 aromatic carbocycles. The Balaban J connectivity index is 2.41. The second kappa shape index (κ2) is 5.50. The van der Waals surface area contributed by atoms with Gasteiger partial charge in [0, 0.05) is 12.0 Å². The Hall–Kier alpha value is -2.09. The van der Waals surface area contributed by atoms with E-state index in [0.717, 1.165) is 22.4 Å². The fourth-order valence-corrected chi connectivity index (χ4v) is 1.99. The van der Waals surface area contributed by atoms with Crippen LogP contribution in [0.25, 0.3) is 11.1 Å². The van der Waals surface area contributed by atoms with E-state index in [1.165, 1.54) is 0 Å². The van der Waals surface area contributed by atoms with Crippen molar-refractivity contribution in [2.75, 3.05) is 7.11 Å². The summed E-state index contributed by atoms with van der Waals surface area (Å²) in [6.07, 6.45) is 0.450. The van der Waals surface area contributed by atoms with Crippen LogP contribution in [-0.4, -0.2) is 12.9 Å². The molecule has 0 atom stereocenters. The summed E-state index contributed by atoms with van der Waals surface area (Å²) in [7, 11) is 1.65. The zero-order valence-electron chi connectivity index (χ0n) is 10.6. The number of ketones is 1. The van der Waals surface area contributed by atoms with E-state index in [2.05, 4.69) is 0 Å². The van der Waals surface area contributed by atoms with E-state index in [9.17, 15) is 4.79 Å². The van der Waals surface area contributed by atoms with Gasteiger partial charge in [0.05, 0.1) is 7.11 Å². The molecule has 0 unspecified atom stereocenters. The van der Waals surface area contributed by atoms with Crippen molar-refractivity contribution in [2.45, 2.75) is 13.3 Å². The Morgan fingerprint density at radius 3 is 2.44 bits per heavy atom.